The summed E-state index contributed by atoms with van der Waals surface area (Å²) in [5, 5.41) is 17.4. The molecule has 240 valence electrons. The summed E-state index contributed by atoms with van der Waals surface area (Å²) in [4.78, 5) is 50.3. The minimum absolute atomic E-state index is 0.0616. The van der Waals surface area contributed by atoms with Gasteiger partial charge in [-0.1, -0.05) is 91.0 Å². The predicted octanol–water partition coefficient (Wildman–Crippen LogP) is 4.30. The number of carboxylic acid groups (broad SMARTS) is 1. The van der Waals surface area contributed by atoms with Gasteiger partial charge in [-0.15, -0.1) is 0 Å². The van der Waals surface area contributed by atoms with Gasteiger partial charge in [-0.25, -0.2) is 14.4 Å². The highest BCUT2D eigenvalue weighted by Gasteiger charge is 2.19. The summed E-state index contributed by atoms with van der Waals surface area (Å²) < 4.78 is 15.9. The lowest BCUT2D eigenvalue weighted by molar-refractivity contribution is -0.137. The van der Waals surface area contributed by atoms with Gasteiger partial charge in [0.2, 0.25) is 0 Å². The van der Waals surface area contributed by atoms with E-state index in [1.165, 1.54) is 0 Å². The van der Waals surface area contributed by atoms with Gasteiger partial charge in [-0.2, -0.15) is 0 Å². The Hall–Kier alpha value is -5.10. The van der Waals surface area contributed by atoms with Crippen LogP contribution in [-0.4, -0.2) is 73.0 Å². The Labute approximate surface area is 262 Å². The molecule has 0 fully saturated rings. The number of carboxylic acids is 1. The second-order valence-corrected chi connectivity index (χ2v) is 10.1. The van der Waals surface area contributed by atoms with Crippen molar-refractivity contribution in [3.05, 3.63) is 108 Å². The maximum Gasteiger partial charge on any atom is 0.407 e. The molecule has 1 unspecified atom stereocenters. The number of alkyl carbamates (subject to hydrolysis) is 3. The maximum absolute atomic E-state index is 12.6. The van der Waals surface area contributed by atoms with Crippen LogP contribution in [0.5, 0.6) is 0 Å². The van der Waals surface area contributed by atoms with E-state index in [1.807, 2.05) is 95.9 Å². The van der Waals surface area contributed by atoms with Crippen molar-refractivity contribution in [2.75, 3.05) is 32.7 Å². The monoisotopic (exact) mass is 620 g/mol. The molecule has 12 heteroatoms. The fourth-order valence-corrected chi connectivity index (χ4v) is 4.22. The molecule has 1 atom stereocenters. The van der Waals surface area contributed by atoms with Crippen molar-refractivity contribution in [1.82, 2.24) is 20.9 Å². The second-order valence-electron chi connectivity index (χ2n) is 10.1. The standard InChI is InChI=1S/C33H40N4O8/c38-30(39)17-16-29(36-33(42)45-25-28-14-8-3-9-15-28)22-37(20-18-34-31(40)43-23-26-10-4-1-5-11-26)21-19-35-32(41)44-24-27-12-6-2-7-13-27/h1-15,29H,16-25H2,(H,34,40)(H,35,41)(H,36,42)(H,38,39). The van der Waals surface area contributed by atoms with Gasteiger partial charge < -0.3 is 35.3 Å². The first-order valence-corrected chi connectivity index (χ1v) is 14.7. The average Bonchev–Trinajstić information content (AvgIpc) is 3.05. The van der Waals surface area contributed by atoms with Crippen LogP contribution in [0.25, 0.3) is 0 Å². The largest absolute Gasteiger partial charge is 0.481 e. The van der Waals surface area contributed by atoms with Crippen molar-refractivity contribution < 1.29 is 38.5 Å². The zero-order valence-corrected chi connectivity index (χ0v) is 25.1. The highest BCUT2D eigenvalue weighted by Crippen LogP contribution is 2.06. The molecule has 0 radical (unpaired) electrons. The van der Waals surface area contributed by atoms with Crippen LogP contribution in [0.3, 0.4) is 0 Å². The van der Waals surface area contributed by atoms with Crippen LogP contribution in [0.1, 0.15) is 29.5 Å². The number of rotatable bonds is 18. The molecule has 12 nitrogen and oxygen atoms in total. The van der Waals surface area contributed by atoms with E-state index in [0.717, 1.165) is 16.7 Å². The van der Waals surface area contributed by atoms with Crippen LogP contribution in [0.2, 0.25) is 0 Å². The third-order valence-corrected chi connectivity index (χ3v) is 6.54. The molecule has 0 bridgehead atoms. The van der Waals surface area contributed by atoms with Crippen molar-refractivity contribution in [3.8, 4) is 0 Å². The quantitative estimate of drug-likeness (QED) is 0.152. The van der Waals surface area contributed by atoms with Gasteiger partial charge in [-0.05, 0) is 23.1 Å². The summed E-state index contributed by atoms with van der Waals surface area (Å²) in [5.74, 6) is -1.00. The van der Waals surface area contributed by atoms with Crippen LogP contribution in [0.4, 0.5) is 14.4 Å². The van der Waals surface area contributed by atoms with Crippen molar-refractivity contribution >= 4 is 24.2 Å². The molecule has 45 heavy (non-hydrogen) atoms. The fraction of sp³-hybridized carbons (Fsp3) is 0.333. The van der Waals surface area contributed by atoms with E-state index in [2.05, 4.69) is 16.0 Å². The molecule has 0 aliphatic heterocycles. The Morgan fingerprint density at radius 1 is 0.622 bits per heavy atom. The SMILES string of the molecule is O=C(O)CCC(CN(CCNC(=O)OCc1ccccc1)CCNC(=O)OCc1ccccc1)NC(=O)OCc1ccccc1. The topological polar surface area (TPSA) is 156 Å². The number of carbonyl (C=O) groups excluding carboxylic acids is 3. The molecule has 0 spiro atoms. The first kappa shape index (κ1) is 34.4. The number of nitrogens with one attached hydrogen (secondary N) is 3. The minimum atomic E-state index is -1.00. The Morgan fingerprint density at radius 3 is 1.42 bits per heavy atom. The third kappa shape index (κ3) is 15.3. The molecule has 3 rings (SSSR count). The molecule has 3 amide bonds. The molecule has 0 aliphatic rings. The Balaban J connectivity index is 1.53. The average molecular weight is 621 g/mol. The lowest BCUT2D eigenvalue weighted by atomic mass is 10.1. The van der Waals surface area contributed by atoms with Crippen LogP contribution < -0.4 is 16.0 Å². The normalized spacial score (nSPS) is 11.2. The highest BCUT2D eigenvalue weighted by atomic mass is 16.6. The summed E-state index contributed by atoms with van der Waals surface area (Å²) in [7, 11) is 0. The summed E-state index contributed by atoms with van der Waals surface area (Å²) >= 11 is 0. The summed E-state index contributed by atoms with van der Waals surface area (Å²) in [6.07, 6.45) is -1.89. The Morgan fingerprint density at radius 2 is 1.02 bits per heavy atom. The van der Waals surface area contributed by atoms with Crippen molar-refractivity contribution in [2.24, 2.45) is 0 Å². The molecule has 0 aromatic heterocycles. The smallest absolute Gasteiger partial charge is 0.407 e. The first-order chi connectivity index (χ1) is 21.9. The lowest BCUT2D eigenvalue weighted by Gasteiger charge is -2.28. The van der Waals surface area contributed by atoms with Gasteiger partial charge in [0.05, 0.1) is 0 Å². The number of amides is 3. The van der Waals surface area contributed by atoms with Crippen LogP contribution in [-0.2, 0) is 38.8 Å². The number of hydrogen-bond acceptors (Lipinski definition) is 8. The van der Waals surface area contributed by atoms with E-state index in [1.54, 1.807) is 0 Å². The van der Waals surface area contributed by atoms with E-state index >= 15 is 0 Å². The van der Waals surface area contributed by atoms with Crippen molar-refractivity contribution in [1.29, 1.82) is 0 Å². The lowest BCUT2D eigenvalue weighted by Crippen LogP contribution is -2.48. The molecule has 4 N–H and O–H groups in total. The molecule has 0 saturated carbocycles. The number of carbonyl (C=O) groups is 4. The summed E-state index contributed by atoms with van der Waals surface area (Å²) in [5.41, 5.74) is 2.52. The number of aliphatic carboxylic acids is 1. The van der Waals surface area contributed by atoms with E-state index in [0.29, 0.717) is 13.1 Å². The van der Waals surface area contributed by atoms with Crippen LogP contribution >= 0.6 is 0 Å². The highest BCUT2D eigenvalue weighted by molar-refractivity contribution is 5.69. The molecule has 3 aromatic rings. The Bertz CT molecular complexity index is 1250. The predicted molar refractivity (Wildman–Crippen MR) is 166 cm³/mol. The number of hydrogen-bond donors (Lipinski definition) is 4. The van der Waals surface area contributed by atoms with E-state index in [4.69, 9.17) is 14.2 Å². The number of nitrogens with zero attached hydrogens (tertiary/aromatic N) is 1. The minimum Gasteiger partial charge on any atom is -0.481 e. The van der Waals surface area contributed by atoms with E-state index < -0.39 is 30.3 Å². The molecule has 3 aromatic carbocycles. The van der Waals surface area contributed by atoms with Gasteiger partial charge in [0.25, 0.3) is 0 Å². The van der Waals surface area contributed by atoms with Gasteiger partial charge in [-0.3, -0.25) is 9.69 Å². The van der Waals surface area contributed by atoms with Gasteiger partial charge in [0.1, 0.15) is 19.8 Å². The zero-order valence-electron chi connectivity index (χ0n) is 25.1. The third-order valence-electron chi connectivity index (χ3n) is 6.54. The Kier molecular flexibility index (Phi) is 15.3. The number of benzene rings is 3. The number of ether oxygens (including phenoxy) is 3. The van der Waals surface area contributed by atoms with Crippen LogP contribution in [0.15, 0.2) is 91.0 Å². The molecule has 0 aliphatic carbocycles. The van der Waals surface area contributed by atoms with Crippen molar-refractivity contribution in [2.45, 2.75) is 38.7 Å². The first-order valence-electron chi connectivity index (χ1n) is 14.7. The van der Waals surface area contributed by atoms with E-state index in [9.17, 15) is 24.3 Å². The molecule has 0 heterocycles. The second kappa shape index (κ2) is 20.0. The molecule has 0 saturated heterocycles. The van der Waals surface area contributed by atoms with Gasteiger partial charge in [0, 0.05) is 45.2 Å². The van der Waals surface area contributed by atoms with Gasteiger partial charge in [0.15, 0.2) is 0 Å². The van der Waals surface area contributed by atoms with E-state index in [-0.39, 0.29) is 52.3 Å². The summed E-state index contributed by atoms with van der Waals surface area (Å²) in [6, 6.07) is 27.1. The fourth-order valence-electron chi connectivity index (χ4n) is 4.22. The van der Waals surface area contributed by atoms with Crippen molar-refractivity contribution in [3.63, 3.8) is 0 Å². The van der Waals surface area contributed by atoms with Crippen LogP contribution in [0, 0.1) is 0 Å². The molecular formula is C33H40N4O8. The maximum atomic E-state index is 12.6. The summed E-state index contributed by atoms with van der Waals surface area (Å²) in [6.45, 7) is 1.60. The molecular weight excluding hydrogens is 580 g/mol. The van der Waals surface area contributed by atoms with Gasteiger partial charge >= 0.3 is 24.2 Å². The zero-order chi connectivity index (χ0) is 32.1.